The summed E-state index contributed by atoms with van der Waals surface area (Å²) in [6, 6.07) is 7.51. The highest BCUT2D eigenvalue weighted by Gasteiger charge is 2.39. The first-order valence-corrected chi connectivity index (χ1v) is 14.2. The van der Waals surface area contributed by atoms with Gasteiger partial charge in [0.05, 0.1) is 22.8 Å². The molecule has 0 bridgehead atoms. The van der Waals surface area contributed by atoms with E-state index in [0.717, 1.165) is 6.26 Å². The quantitative estimate of drug-likeness (QED) is 0.421. The van der Waals surface area contributed by atoms with Crippen molar-refractivity contribution in [2.45, 2.75) is 56.5 Å². The predicted octanol–water partition coefficient (Wildman–Crippen LogP) is 4.49. The number of halogens is 2. The number of pyridine rings is 1. The van der Waals surface area contributed by atoms with Gasteiger partial charge in [-0.15, -0.1) is 0 Å². The van der Waals surface area contributed by atoms with Crippen molar-refractivity contribution in [2.75, 3.05) is 12.8 Å². The number of ether oxygens (including phenoxy) is 1. The Balaban J connectivity index is 1.80. The number of nitrogens with zero attached hydrogens (tertiary/aromatic N) is 4. The average Bonchev–Trinajstić information content (AvgIpc) is 3.31. The molecule has 1 fully saturated rings. The van der Waals surface area contributed by atoms with E-state index in [-0.39, 0.29) is 15.9 Å². The van der Waals surface area contributed by atoms with Gasteiger partial charge in [-0.1, -0.05) is 17.7 Å². The van der Waals surface area contributed by atoms with Crippen LogP contribution in [0.3, 0.4) is 0 Å². The zero-order valence-electron chi connectivity index (χ0n) is 21.4. The van der Waals surface area contributed by atoms with Gasteiger partial charge in [-0.25, -0.2) is 27.6 Å². The summed E-state index contributed by atoms with van der Waals surface area (Å²) in [6.07, 6.45) is 4.56. The summed E-state index contributed by atoms with van der Waals surface area (Å²) in [5.41, 5.74) is -0.0560. The second-order valence-electron chi connectivity index (χ2n) is 10.2. The first kappa shape index (κ1) is 27.7. The Labute approximate surface area is 225 Å². The number of hydrogen-bond acceptors (Lipinski definition) is 7. The summed E-state index contributed by atoms with van der Waals surface area (Å²) in [4.78, 5) is 36.0. The molecule has 2 unspecified atom stereocenters. The maximum absolute atomic E-state index is 14.6. The molecule has 0 N–H and O–H groups in total. The largest absolute Gasteiger partial charge is 0.444 e. The van der Waals surface area contributed by atoms with Crippen LogP contribution in [-0.2, 0) is 14.6 Å². The van der Waals surface area contributed by atoms with Crippen molar-refractivity contribution >= 4 is 27.5 Å². The van der Waals surface area contributed by atoms with Gasteiger partial charge in [0, 0.05) is 36.8 Å². The minimum atomic E-state index is -3.65. The van der Waals surface area contributed by atoms with E-state index in [1.54, 1.807) is 37.8 Å². The molecule has 0 saturated carbocycles. The molecule has 2 atom stereocenters. The van der Waals surface area contributed by atoms with Crippen LogP contribution in [0.1, 0.15) is 45.2 Å². The molecule has 0 radical (unpaired) electrons. The Morgan fingerprint density at radius 3 is 2.58 bits per heavy atom. The van der Waals surface area contributed by atoms with Crippen LogP contribution in [0.25, 0.3) is 11.3 Å². The third kappa shape index (κ3) is 6.05. The highest BCUT2D eigenvalue weighted by Crippen LogP contribution is 2.34. The van der Waals surface area contributed by atoms with Gasteiger partial charge >= 0.3 is 6.09 Å². The monoisotopic (exact) mass is 562 g/mol. The van der Waals surface area contributed by atoms with Crippen LogP contribution in [0.15, 0.2) is 58.7 Å². The van der Waals surface area contributed by atoms with E-state index in [0.29, 0.717) is 30.5 Å². The fourth-order valence-corrected chi connectivity index (χ4v) is 5.13. The summed E-state index contributed by atoms with van der Waals surface area (Å²) < 4.78 is 45.3. The van der Waals surface area contributed by atoms with Crippen LogP contribution in [0.4, 0.5) is 9.18 Å². The molecule has 4 rings (SSSR count). The van der Waals surface area contributed by atoms with E-state index in [1.807, 2.05) is 0 Å². The molecule has 1 amide bonds. The summed E-state index contributed by atoms with van der Waals surface area (Å²) in [6.45, 7) is 5.74. The number of aromatic nitrogens is 3. The molecule has 9 nitrogen and oxygen atoms in total. The number of carbonyl (C=O) groups is 1. The lowest BCUT2D eigenvalue weighted by atomic mass is 9.96. The second-order valence-corrected chi connectivity index (χ2v) is 12.5. The van der Waals surface area contributed by atoms with E-state index in [9.17, 15) is 22.4 Å². The van der Waals surface area contributed by atoms with Gasteiger partial charge in [0.2, 0.25) is 15.0 Å². The van der Waals surface area contributed by atoms with Crippen molar-refractivity contribution in [1.82, 2.24) is 19.4 Å². The van der Waals surface area contributed by atoms with E-state index in [4.69, 9.17) is 16.3 Å². The van der Waals surface area contributed by atoms with E-state index in [2.05, 4.69) is 9.97 Å². The second kappa shape index (κ2) is 10.5. The first-order chi connectivity index (χ1) is 17.7. The molecular weight excluding hydrogens is 535 g/mol. The van der Waals surface area contributed by atoms with Gasteiger partial charge in [-0.3, -0.25) is 4.79 Å². The molecule has 1 saturated heterocycles. The van der Waals surface area contributed by atoms with Crippen molar-refractivity contribution in [3.05, 3.63) is 75.5 Å². The Morgan fingerprint density at radius 2 is 1.95 bits per heavy atom. The van der Waals surface area contributed by atoms with E-state index < -0.39 is 45.0 Å². The molecule has 2 aromatic heterocycles. The smallest absolute Gasteiger partial charge is 0.410 e. The number of likely N-dealkylation sites (tertiary alicyclic amines) is 1. The minimum absolute atomic E-state index is 0.0592. The maximum Gasteiger partial charge on any atom is 0.410 e. The van der Waals surface area contributed by atoms with Crippen LogP contribution in [0.5, 0.6) is 0 Å². The van der Waals surface area contributed by atoms with Crippen LogP contribution < -0.4 is 5.56 Å². The predicted molar refractivity (Wildman–Crippen MR) is 140 cm³/mol. The van der Waals surface area contributed by atoms with E-state index in [1.165, 1.54) is 41.2 Å². The summed E-state index contributed by atoms with van der Waals surface area (Å²) in [5.74, 6) is -0.644. The SMILES string of the molecule is CC(C)(C)OC(=O)N1CCCC1C(c1ccc(Cl)c(F)c1)n1ccc(-c2ccnc(S(C)(=O)=O)n2)cc1=O. The Bertz CT molecular complexity index is 1540. The van der Waals surface area contributed by atoms with Gasteiger partial charge in [-0.05, 0) is 63.4 Å². The molecule has 202 valence electrons. The first-order valence-electron chi connectivity index (χ1n) is 11.9. The Morgan fingerprint density at radius 1 is 1.21 bits per heavy atom. The van der Waals surface area contributed by atoms with Crippen LogP contribution in [0.2, 0.25) is 5.02 Å². The highest BCUT2D eigenvalue weighted by molar-refractivity contribution is 7.90. The number of rotatable bonds is 5. The fraction of sp³-hybridized carbons (Fsp3) is 0.385. The van der Waals surface area contributed by atoms with Gasteiger partial charge in [-0.2, -0.15) is 0 Å². The molecule has 0 spiro atoms. The summed E-state index contributed by atoms with van der Waals surface area (Å²) in [7, 11) is -3.65. The lowest BCUT2D eigenvalue weighted by Gasteiger charge is -2.34. The third-order valence-electron chi connectivity index (χ3n) is 6.09. The highest BCUT2D eigenvalue weighted by atomic mass is 35.5. The molecule has 3 aromatic rings. The van der Waals surface area contributed by atoms with Gasteiger partial charge < -0.3 is 14.2 Å². The standard InChI is InChI=1S/C26H28ClFN4O5S/c1-26(2,3)37-25(34)31-12-5-6-21(31)23(17-7-8-18(27)19(28)14-17)32-13-10-16(15-22(32)33)20-9-11-29-24(30-20)38(4,35)36/h7-11,13-15,21,23H,5-6,12H2,1-4H3. The van der Waals surface area contributed by atoms with Crippen molar-refractivity contribution in [3.63, 3.8) is 0 Å². The van der Waals surface area contributed by atoms with Gasteiger partial charge in [0.15, 0.2) is 0 Å². The van der Waals surface area contributed by atoms with Crippen LogP contribution in [-0.4, -0.2) is 58.4 Å². The molecule has 3 heterocycles. The number of amides is 1. The van der Waals surface area contributed by atoms with Crippen LogP contribution >= 0.6 is 11.6 Å². The van der Waals surface area contributed by atoms with Crippen LogP contribution in [0, 0.1) is 5.82 Å². The lowest BCUT2D eigenvalue weighted by molar-refractivity contribution is 0.0195. The number of hydrogen-bond donors (Lipinski definition) is 0. The van der Waals surface area contributed by atoms with Gasteiger partial charge in [0.25, 0.3) is 5.56 Å². The normalized spacial score (nSPS) is 16.9. The topological polar surface area (TPSA) is 111 Å². The van der Waals surface area contributed by atoms with Gasteiger partial charge in [0.1, 0.15) is 11.4 Å². The minimum Gasteiger partial charge on any atom is -0.444 e. The summed E-state index contributed by atoms with van der Waals surface area (Å²) >= 11 is 5.92. The molecule has 12 heteroatoms. The lowest BCUT2D eigenvalue weighted by Crippen LogP contribution is -2.45. The molecule has 38 heavy (non-hydrogen) atoms. The molecule has 1 aliphatic rings. The molecule has 0 aliphatic carbocycles. The fourth-order valence-electron chi connectivity index (χ4n) is 4.49. The number of benzene rings is 1. The zero-order valence-corrected chi connectivity index (χ0v) is 23.0. The number of carbonyl (C=O) groups excluding carboxylic acids is 1. The number of sulfone groups is 1. The molecule has 1 aromatic carbocycles. The van der Waals surface area contributed by atoms with Crippen molar-refractivity contribution in [2.24, 2.45) is 0 Å². The molecule has 1 aliphatic heterocycles. The zero-order chi connectivity index (χ0) is 27.8. The Kier molecular flexibility index (Phi) is 7.62. The average molecular weight is 563 g/mol. The summed E-state index contributed by atoms with van der Waals surface area (Å²) in [5, 5.41) is -0.413. The van der Waals surface area contributed by atoms with Crippen molar-refractivity contribution < 1.29 is 22.3 Å². The van der Waals surface area contributed by atoms with Crippen molar-refractivity contribution in [1.29, 1.82) is 0 Å². The Hall–Kier alpha value is -3.31. The maximum atomic E-state index is 14.6. The van der Waals surface area contributed by atoms with Crippen molar-refractivity contribution in [3.8, 4) is 11.3 Å². The molecular formula is C26H28ClFN4O5S. The third-order valence-corrected chi connectivity index (χ3v) is 7.25. The van der Waals surface area contributed by atoms with E-state index >= 15 is 0 Å².